The molecule has 162 valence electrons. The second-order valence-electron chi connectivity index (χ2n) is 8.35. The molecule has 0 spiro atoms. The SMILES string of the molecule is Cc1c2cnn(-c3ccccc3)c(=O)c2c(C)n1[C@@H](C)C(=O)NCCC1=CCCCC1. The van der Waals surface area contributed by atoms with Gasteiger partial charge in [-0.15, -0.1) is 0 Å². The molecule has 1 aromatic carbocycles. The van der Waals surface area contributed by atoms with E-state index in [2.05, 4.69) is 16.5 Å². The molecule has 0 fully saturated rings. The molecule has 2 heterocycles. The molecule has 31 heavy (non-hydrogen) atoms. The van der Waals surface area contributed by atoms with Crippen molar-refractivity contribution in [3.8, 4) is 5.69 Å². The van der Waals surface area contributed by atoms with Gasteiger partial charge in [-0.05, 0) is 65.0 Å². The Hall–Kier alpha value is -3.15. The van der Waals surface area contributed by atoms with E-state index in [0.717, 1.165) is 41.7 Å². The summed E-state index contributed by atoms with van der Waals surface area (Å²) in [5, 5.41) is 8.87. The van der Waals surface area contributed by atoms with Gasteiger partial charge in [0.2, 0.25) is 5.91 Å². The van der Waals surface area contributed by atoms with Gasteiger partial charge in [0.25, 0.3) is 5.56 Å². The Bertz CT molecular complexity index is 1190. The Morgan fingerprint density at radius 2 is 1.94 bits per heavy atom. The van der Waals surface area contributed by atoms with Gasteiger partial charge >= 0.3 is 0 Å². The predicted octanol–water partition coefficient (Wildman–Crippen LogP) is 4.37. The Morgan fingerprint density at radius 1 is 1.16 bits per heavy atom. The second-order valence-corrected chi connectivity index (χ2v) is 8.35. The van der Waals surface area contributed by atoms with Crippen LogP contribution in [0.1, 0.15) is 56.5 Å². The zero-order chi connectivity index (χ0) is 22.0. The highest BCUT2D eigenvalue weighted by Gasteiger charge is 2.23. The van der Waals surface area contributed by atoms with Gasteiger partial charge < -0.3 is 9.88 Å². The van der Waals surface area contributed by atoms with E-state index in [1.165, 1.54) is 23.1 Å². The Labute approximate surface area is 182 Å². The van der Waals surface area contributed by atoms with Gasteiger partial charge in [0.05, 0.1) is 17.3 Å². The van der Waals surface area contributed by atoms with Crippen molar-refractivity contribution in [2.45, 2.75) is 58.9 Å². The first-order valence-electron chi connectivity index (χ1n) is 11.1. The molecule has 3 aromatic rings. The third-order valence-corrected chi connectivity index (χ3v) is 6.35. The van der Waals surface area contributed by atoms with E-state index in [1.54, 1.807) is 6.20 Å². The highest BCUT2D eigenvalue weighted by atomic mass is 16.2. The summed E-state index contributed by atoms with van der Waals surface area (Å²) in [5.74, 6) is -0.0285. The quantitative estimate of drug-likeness (QED) is 0.604. The van der Waals surface area contributed by atoms with Crippen LogP contribution in [0, 0.1) is 13.8 Å². The van der Waals surface area contributed by atoms with E-state index in [1.807, 2.05) is 55.7 Å². The predicted molar refractivity (Wildman–Crippen MR) is 124 cm³/mol. The minimum absolute atomic E-state index is 0.0285. The van der Waals surface area contributed by atoms with Crippen LogP contribution in [-0.4, -0.2) is 26.8 Å². The number of aromatic nitrogens is 3. The zero-order valence-corrected chi connectivity index (χ0v) is 18.5. The Morgan fingerprint density at radius 3 is 2.65 bits per heavy atom. The number of fused-ring (bicyclic) bond motifs is 1. The summed E-state index contributed by atoms with van der Waals surface area (Å²) in [6.45, 7) is 6.39. The molecule has 1 amide bonds. The van der Waals surface area contributed by atoms with Crippen molar-refractivity contribution >= 4 is 16.7 Å². The molecule has 2 aromatic heterocycles. The summed E-state index contributed by atoms with van der Waals surface area (Å²) in [6.07, 6.45) is 9.78. The fourth-order valence-electron chi connectivity index (χ4n) is 4.66. The van der Waals surface area contributed by atoms with E-state index in [-0.39, 0.29) is 11.5 Å². The summed E-state index contributed by atoms with van der Waals surface area (Å²) in [6, 6.07) is 8.98. The van der Waals surface area contributed by atoms with Gasteiger partial charge in [-0.3, -0.25) is 9.59 Å². The highest BCUT2D eigenvalue weighted by molar-refractivity contribution is 5.89. The molecular formula is C25H30N4O2. The number of carbonyl (C=O) groups excluding carboxylic acids is 1. The first kappa shape index (κ1) is 21.1. The lowest BCUT2D eigenvalue weighted by Gasteiger charge is -2.19. The monoisotopic (exact) mass is 418 g/mol. The van der Waals surface area contributed by atoms with Gasteiger partial charge in [-0.25, -0.2) is 0 Å². The fraction of sp³-hybridized carbons (Fsp3) is 0.400. The lowest BCUT2D eigenvalue weighted by atomic mass is 9.97. The van der Waals surface area contributed by atoms with Crippen molar-refractivity contribution in [1.29, 1.82) is 0 Å². The van der Waals surface area contributed by atoms with Crippen LogP contribution in [0.3, 0.4) is 0 Å². The highest BCUT2D eigenvalue weighted by Crippen LogP contribution is 2.26. The van der Waals surface area contributed by atoms with Crippen LogP contribution < -0.4 is 10.9 Å². The molecule has 0 saturated carbocycles. The molecule has 0 aliphatic heterocycles. The Kier molecular flexibility index (Phi) is 6.07. The fourth-order valence-corrected chi connectivity index (χ4v) is 4.66. The van der Waals surface area contributed by atoms with Gasteiger partial charge in [0, 0.05) is 23.3 Å². The smallest absolute Gasteiger partial charge is 0.281 e. The normalized spacial score (nSPS) is 15.0. The summed E-state index contributed by atoms with van der Waals surface area (Å²) in [7, 11) is 0. The Balaban J connectivity index is 1.60. The molecule has 0 radical (unpaired) electrons. The number of nitrogens with one attached hydrogen (secondary N) is 1. The summed E-state index contributed by atoms with van der Waals surface area (Å²) in [4.78, 5) is 26.1. The molecule has 1 aliphatic carbocycles. The number of hydrogen-bond donors (Lipinski definition) is 1. The number of carbonyl (C=O) groups is 1. The maximum Gasteiger partial charge on any atom is 0.281 e. The number of para-hydroxylation sites is 1. The average molecular weight is 419 g/mol. The van der Waals surface area contributed by atoms with Gasteiger partial charge in [-0.1, -0.05) is 29.8 Å². The third-order valence-electron chi connectivity index (χ3n) is 6.35. The zero-order valence-electron chi connectivity index (χ0n) is 18.5. The first-order valence-corrected chi connectivity index (χ1v) is 11.1. The molecule has 4 rings (SSSR count). The number of amides is 1. The molecule has 1 aliphatic rings. The number of allylic oxidation sites excluding steroid dienone is 1. The average Bonchev–Trinajstić information content (AvgIpc) is 3.05. The van der Waals surface area contributed by atoms with Crippen molar-refractivity contribution in [2.75, 3.05) is 6.54 Å². The van der Waals surface area contributed by atoms with Crippen LogP contribution in [0.2, 0.25) is 0 Å². The van der Waals surface area contributed by atoms with Crippen molar-refractivity contribution in [3.05, 3.63) is 69.9 Å². The van der Waals surface area contributed by atoms with Crippen LogP contribution in [0.4, 0.5) is 0 Å². The maximum absolute atomic E-state index is 13.2. The summed E-state index contributed by atoms with van der Waals surface area (Å²) >= 11 is 0. The third kappa shape index (κ3) is 4.07. The van der Waals surface area contributed by atoms with Crippen LogP contribution in [0.15, 0.2) is 53.0 Å². The van der Waals surface area contributed by atoms with E-state index in [9.17, 15) is 9.59 Å². The number of aryl methyl sites for hydroxylation is 2. The molecule has 6 heteroatoms. The van der Waals surface area contributed by atoms with Crippen LogP contribution in [-0.2, 0) is 4.79 Å². The molecule has 0 saturated heterocycles. The molecule has 1 atom stereocenters. The van der Waals surface area contributed by atoms with E-state index >= 15 is 0 Å². The molecule has 1 N–H and O–H groups in total. The molecule has 0 unspecified atom stereocenters. The minimum atomic E-state index is -0.405. The number of nitrogens with zero attached hydrogens (tertiary/aromatic N) is 3. The van der Waals surface area contributed by atoms with Crippen molar-refractivity contribution < 1.29 is 4.79 Å². The maximum atomic E-state index is 13.2. The first-order chi connectivity index (χ1) is 15.0. The van der Waals surface area contributed by atoms with E-state index in [4.69, 9.17) is 0 Å². The van der Waals surface area contributed by atoms with E-state index < -0.39 is 6.04 Å². The number of hydrogen-bond acceptors (Lipinski definition) is 3. The van der Waals surface area contributed by atoms with Crippen molar-refractivity contribution in [2.24, 2.45) is 0 Å². The lowest BCUT2D eigenvalue weighted by Crippen LogP contribution is -2.32. The standard InChI is InChI=1S/C25H30N4O2/c1-17-22-16-27-29(21-12-8-5-9-13-21)25(31)23(22)18(2)28(17)19(3)24(30)26-15-14-20-10-6-4-7-11-20/h5,8-10,12-13,16,19H,4,6-7,11,14-15H2,1-3H3,(H,26,30)/t19-/m0/s1. The summed E-state index contributed by atoms with van der Waals surface area (Å²) < 4.78 is 3.38. The minimum Gasteiger partial charge on any atom is -0.354 e. The van der Waals surface area contributed by atoms with Gasteiger partial charge in [0.15, 0.2) is 0 Å². The van der Waals surface area contributed by atoms with E-state index in [0.29, 0.717) is 11.9 Å². The lowest BCUT2D eigenvalue weighted by molar-refractivity contribution is -0.123. The molecule has 6 nitrogen and oxygen atoms in total. The van der Waals surface area contributed by atoms with Crippen LogP contribution >= 0.6 is 0 Å². The largest absolute Gasteiger partial charge is 0.354 e. The number of benzene rings is 1. The van der Waals surface area contributed by atoms with Crippen molar-refractivity contribution in [1.82, 2.24) is 19.7 Å². The van der Waals surface area contributed by atoms with Crippen LogP contribution in [0.25, 0.3) is 16.5 Å². The molecular weight excluding hydrogens is 388 g/mol. The topological polar surface area (TPSA) is 68.9 Å². The number of rotatable bonds is 6. The second kappa shape index (κ2) is 8.92. The molecule has 0 bridgehead atoms. The van der Waals surface area contributed by atoms with Crippen LogP contribution in [0.5, 0.6) is 0 Å². The van der Waals surface area contributed by atoms with Gasteiger partial charge in [0.1, 0.15) is 6.04 Å². The summed E-state index contributed by atoms with van der Waals surface area (Å²) in [5.41, 5.74) is 3.69. The van der Waals surface area contributed by atoms with Gasteiger partial charge in [-0.2, -0.15) is 9.78 Å². The van der Waals surface area contributed by atoms with Crippen molar-refractivity contribution in [3.63, 3.8) is 0 Å².